The molecule has 160 valence electrons. The summed E-state index contributed by atoms with van der Waals surface area (Å²) in [6.45, 7) is 6.91. The SMILES string of the molecule is Cc1cc(CN2CCN(Cc3nc4cc(-c5ccc(F)cc5)sc4c(=O)[nH]3)CC2)no1. The second-order valence-corrected chi connectivity index (χ2v) is 8.88. The lowest BCUT2D eigenvalue weighted by Gasteiger charge is -2.33. The number of aromatic amines is 1. The predicted molar refractivity (Wildman–Crippen MR) is 117 cm³/mol. The Hall–Kier alpha value is -2.88. The first-order chi connectivity index (χ1) is 15.0. The highest BCUT2D eigenvalue weighted by Gasteiger charge is 2.19. The fourth-order valence-corrected chi connectivity index (χ4v) is 4.86. The van der Waals surface area contributed by atoms with Crippen LogP contribution in [-0.4, -0.2) is 51.1 Å². The molecule has 1 aliphatic heterocycles. The van der Waals surface area contributed by atoms with E-state index in [0.29, 0.717) is 22.6 Å². The third kappa shape index (κ3) is 4.43. The van der Waals surface area contributed by atoms with Crippen LogP contribution in [0.2, 0.25) is 0 Å². The number of rotatable bonds is 5. The average Bonchev–Trinajstić information content (AvgIpc) is 3.36. The summed E-state index contributed by atoms with van der Waals surface area (Å²) in [7, 11) is 0. The van der Waals surface area contributed by atoms with Gasteiger partial charge in [0.2, 0.25) is 0 Å². The Morgan fingerprint density at radius 3 is 2.48 bits per heavy atom. The Morgan fingerprint density at radius 1 is 1.10 bits per heavy atom. The summed E-state index contributed by atoms with van der Waals surface area (Å²) in [4.78, 5) is 25.8. The molecule has 1 saturated heterocycles. The lowest BCUT2D eigenvalue weighted by molar-refractivity contribution is 0.118. The van der Waals surface area contributed by atoms with E-state index in [1.54, 1.807) is 12.1 Å². The van der Waals surface area contributed by atoms with Crippen molar-refractivity contribution in [1.29, 1.82) is 0 Å². The van der Waals surface area contributed by atoms with Crippen molar-refractivity contribution in [1.82, 2.24) is 24.9 Å². The van der Waals surface area contributed by atoms with Crippen LogP contribution in [0.4, 0.5) is 4.39 Å². The van der Waals surface area contributed by atoms with Crippen LogP contribution in [0.3, 0.4) is 0 Å². The molecule has 1 N–H and O–H groups in total. The van der Waals surface area contributed by atoms with Gasteiger partial charge in [-0.15, -0.1) is 11.3 Å². The maximum atomic E-state index is 13.2. The molecule has 0 atom stereocenters. The van der Waals surface area contributed by atoms with E-state index in [1.165, 1.54) is 23.5 Å². The molecule has 4 heterocycles. The van der Waals surface area contributed by atoms with Crippen molar-refractivity contribution >= 4 is 21.6 Å². The summed E-state index contributed by atoms with van der Waals surface area (Å²) in [6.07, 6.45) is 0. The number of piperazine rings is 1. The van der Waals surface area contributed by atoms with Gasteiger partial charge in [0, 0.05) is 43.7 Å². The number of benzene rings is 1. The van der Waals surface area contributed by atoms with Gasteiger partial charge in [0.15, 0.2) is 0 Å². The Bertz CT molecular complexity index is 1260. The van der Waals surface area contributed by atoms with E-state index in [1.807, 2.05) is 19.1 Å². The normalized spacial score (nSPS) is 15.7. The quantitative estimate of drug-likeness (QED) is 0.514. The number of hydrogen-bond donors (Lipinski definition) is 1. The molecular formula is C22H22FN5O2S. The standard InChI is InChI=1S/C22H22FN5O2S/c1-14-10-17(26-30-14)12-27-6-8-28(9-7-27)13-20-24-18-11-19(31-21(18)22(29)25-20)15-2-4-16(23)5-3-15/h2-5,10-11H,6-9,12-13H2,1H3,(H,24,25,29). The summed E-state index contributed by atoms with van der Waals surface area (Å²) < 4.78 is 18.9. The molecule has 3 aromatic heterocycles. The van der Waals surface area contributed by atoms with E-state index >= 15 is 0 Å². The molecule has 4 aromatic rings. The van der Waals surface area contributed by atoms with Crippen molar-refractivity contribution in [2.75, 3.05) is 26.2 Å². The minimum Gasteiger partial charge on any atom is -0.361 e. The number of thiophene rings is 1. The fourth-order valence-electron chi connectivity index (χ4n) is 3.86. The zero-order chi connectivity index (χ0) is 21.4. The second-order valence-electron chi connectivity index (χ2n) is 7.83. The molecule has 9 heteroatoms. The summed E-state index contributed by atoms with van der Waals surface area (Å²) in [5.74, 6) is 1.22. The van der Waals surface area contributed by atoms with Crippen molar-refractivity contribution in [3.8, 4) is 10.4 Å². The first kappa shape index (κ1) is 20.0. The largest absolute Gasteiger partial charge is 0.361 e. The van der Waals surface area contributed by atoms with E-state index in [2.05, 4.69) is 24.9 Å². The van der Waals surface area contributed by atoms with Gasteiger partial charge in [-0.05, 0) is 30.7 Å². The van der Waals surface area contributed by atoms with Gasteiger partial charge >= 0.3 is 0 Å². The highest BCUT2D eigenvalue weighted by molar-refractivity contribution is 7.22. The van der Waals surface area contributed by atoms with Crippen molar-refractivity contribution in [2.24, 2.45) is 0 Å². The Kier molecular flexibility index (Phi) is 5.39. The van der Waals surface area contributed by atoms with E-state index in [4.69, 9.17) is 4.52 Å². The van der Waals surface area contributed by atoms with Crippen LogP contribution in [0.5, 0.6) is 0 Å². The Balaban J connectivity index is 1.26. The van der Waals surface area contributed by atoms with Crippen LogP contribution in [0.25, 0.3) is 20.7 Å². The van der Waals surface area contributed by atoms with Gasteiger partial charge < -0.3 is 9.51 Å². The lowest BCUT2D eigenvalue weighted by atomic mass is 10.2. The molecule has 1 aliphatic rings. The Labute approximate surface area is 182 Å². The van der Waals surface area contributed by atoms with Gasteiger partial charge in [-0.1, -0.05) is 17.3 Å². The predicted octanol–water partition coefficient (Wildman–Crippen LogP) is 3.40. The molecule has 7 nitrogen and oxygen atoms in total. The molecule has 0 bridgehead atoms. The molecule has 1 fully saturated rings. The summed E-state index contributed by atoms with van der Waals surface area (Å²) >= 11 is 1.38. The molecule has 1 aromatic carbocycles. The van der Waals surface area contributed by atoms with Crippen LogP contribution < -0.4 is 5.56 Å². The Morgan fingerprint density at radius 2 is 1.81 bits per heavy atom. The van der Waals surface area contributed by atoms with Crippen molar-refractivity contribution in [3.05, 3.63) is 69.8 Å². The molecule has 0 saturated carbocycles. The molecule has 31 heavy (non-hydrogen) atoms. The molecule has 0 spiro atoms. The number of nitrogens with one attached hydrogen (secondary N) is 1. The third-order valence-corrected chi connectivity index (χ3v) is 6.63. The van der Waals surface area contributed by atoms with Gasteiger partial charge in [0.05, 0.1) is 17.8 Å². The number of H-pyrrole nitrogens is 1. The van der Waals surface area contributed by atoms with Crippen LogP contribution in [-0.2, 0) is 13.1 Å². The molecule has 0 radical (unpaired) electrons. The van der Waals surface area contributed by atoms with Crippen LogP contribution in [0, 0.1) is 12.7 Å². The van der Waals surface area contributed by atoms with Gasteiger partial charge in [-0.3, -0.25) is 14.6 Å². The smallest absolute Gasteiger partial charge is 0.268 e. The number of fused-ring (bicyclic) bond motifs is 1. The summed E-state index contributed by atoms with van der Waals surface area (Å²) in [5, 5.41) is 4.07. The number of aryl methyl sites for hydroxylation is 1. The topological polar surface area (TPSA) is 78.3 Å². The van der Waals surface area contributed by atoms with Gasteiger partial charge in [0.1, 0.15) is 22.1 Å². The van der Waals surface area contributed by atoms with Crippen molar-refractivity contribution in [3.63, 3.8) is 0 Å². The third-order valence-electron chi connectivity index (χ3n) is 5.46. The highest BCUT2D eigenvalue weighted by atomic mass is 32.1. The van der Waals surface area contributed by atoms with Crippen molar-refractivity contribution < 1.29 is 8.91 Å². The average molecular weight is 440 g/mol. The molecule has 5 rings (SSSR count). The van der Waals surface area contributed by atoms with E-state index in [9.17, 15) is 9.18 Å². The second kappa shape index (κ2) is 8.33. The number of hydrogen-bond acceptors (Lipinski definition) is 7. The minimum atomic E-state index is -0.278. The monoisotopic (exact) mass is 439 g/mol. The van der Waals surface area contributed by atoms with E-state index in [-0.39, 0.29) is 11.4 Å². The number of halogens is 1. The van der Waals surface area contributed by atoms with E-state index in [0.717, 1.165) is 54.6 Å². The van der Waals surface area contributed by atoms with Crippen LogP contribution in [0.15, 0.2) is 45.7 Å². The van der Waals surface area contributed by atoms with Crippen LogP contribution in [0.1, 0.15) is 17.3 Å². The zero-order valence-corrected chi connectivity index (χ0v) is 17.9. The van der Waals surface area contributed by atoms with Crippen molar-refractivity contribution in [2.45, 2.75) is 20.0 Å². The fraction of sp³-hybridized carbons (Fsp3) is 0.318. The van der Waals surface area contributed by atoms with Gasteiger partial charge in [0.25, 0.3) is 5.56 Å². The molecule has 0 aliphatic carbocycles. The molecule has 0 amide bonds. The molecular weight excluding hydrogens is 417 g/mol. The first-order valence-corrected chi connectivity index (χ1v) is 11.0. The summed E-state index contributed by atoms with van der Waals surface area (Å²) in [5.41, 5.74) is 2.39. The first-order valence-electron chi connectivity index (χ1n) is 10.2. The molecule has 0 unspecified atom stereocenters. The maximum Gasteiger partial charge on any atom is 0.268 e. The van der Waals surface area contributed by atoms with Gasteiger partial charge in [-0.25, -0.2) is 9.37 Å². The zero-order valence-electron chi connectivity index (χ0n) is 17.1. The number of nitrogens with zero attached hydrogens (tertiary/aromatic N) is 4. The number of aromatic nitrogens is 3. The summed E-state index contributed by atoms with van der Waals surface area (Å²) in [6, 6.07) is 10.2. The lowest BCUT2D eigenvalue weighted by Crippen LogP contribution is -2.45. The minimum absolute atomic E-state index is 0.126. The highest BCUT2D eigenvalue weighted by Crippen LogP contribution is 2.31. The van der Waals surface area contributed by atoms with E-state index < -0.39 is 0 Å². The van der Waals surface area contributed by atoms with Gasteiger partial charge in [-0.2, -0.15) is 0 Å². The van der Waals surface area contributed by atoms with Crippen LogP contribution >= 0.6 is 11.3 Å². The maximum absolute atomic E-state index is 13.2.